The average Bonchev–Trinajstić information content (AvgIpc) is 2.83. The Kier molecular flexibility index (Phi) is 2.90. The number of halogens is 1. The van der Waals surface area contributed by atoms with Crippen molar-refractivity contribution in [1.82, 2.24) is 4.98 Å². The van der Waals surface area contributed by atoms with Crippen molar-refractivity contribution in [3.8, 4) is 5.75 Å². The zero-order valence-corrected chi connectivity index (χ0v) is 11.2. The molecule has 0 fully saturated rings. The maximum absolute atomic E-state index is 10.1. The minimum absolute atomic E-state index is 0.140. The Morgan fingerprint density at radius 1 is 1.47 bits per heavy atom. The van der Waals surface area contributed by atoms with E-state index in [0.717, 1.165) is 20.8 Å². The number of hydrogen-bond acceptors (Lipinski definition) is 4. The van der Waals surface area contributed by atoms with Crippen molar-refractivity contribution in [3.63, 3.8) is 0 Å². The number of benzene rings is 1. The first-order valence-corrected chi connectivity index (χ1v) is 6.95. The van der Waals surface area contributed by atoms with E-state index in [1.54, 1.807) is 17.5 Å². The van der Waals surface area contributed by atoms with Gasteiger partial charge in [-0.3, -0.25) is 0 Å². The van der Waals surface area contributed by atoms with Crippen LogP contribution >= 0.6 is 27.3 Å². The molecule has 1 aliphatic rings. The van der Waals surface area contributed by atoms with Crippen LogP contribution in [0.4, 0.5) is 0 Å². The molecule has 2 atom stereocenters. The van der Waals surface area contributed by atoms with Crippen LogP contribution in [-0.2, 0) is 0 Å². The first-order valence-electron chi connectivity index (χ1n) is 5.27. The number of rotatable bonds is 1. The van der Waals surface area contributed by atoms with E-state index in [0.29, 0.717) is 6.42 Å². The highest BCUT2D eigenvalue weighted by Crippen LogP contribution is 2.42. The van der Waals surface area contributed by atoms with E-state index in [9.17, 15) is 5.11 Å². The van der Waals surface area contributed by atoms with Gasteiger partial charge < -0.3 is 9.84 Å². The van der Waals surface area contributed by atoms with Gasteiger partial charge in [-0.05, 0) is 18.2 Å². The van der Waals surface area contributed by atoms with E-state index >= 15 is 0 Å². The number of hydrogen-bond donors (Lipinski definition) is 1. The lowest BCUT2D eigenvalue weighted by Crippen LogP contribution is -2.18. The summed E-state index contributed by atoms with van der Waals surface area (Å²) in [4.78, 5) is 4.24. The Hall–Kier alpha value is -0.910. The van der Waals surface area contributed by atoms with E-state index in [2.05, 4.69) is 20.9 Å². The molecule has 1 aliphatic heterocycles. The number of nitrogens with zero attached hydrogens (tertiary/aromatic N) is 1. The van der Waals surface area contributed by atoms with E-state index in [-0.39, 0.29) is 6.10 Å². The third kappa shape index (κ3) is 2.10. The Morgan fingerprint density at radius 3 is 3.12 bits per heavy atom. The molecule has 0 amide bonds. The van der Waals surface area contributed by atoms with Crippen molar-refractivity contribution in [2.45, 2.75) is 18.6 Å². The second-order valence-electron chi connectivity index (χ2n) is 3.91. The van der Waals surface area contributed by atoms with Gasteiger partial charge in [-0.2, -0.15) is 0 Å². The van der Waals surface area contributed by atoms with Gasteiger partial charge in [0.2, 0.25) is 0 Å². The fourth-order valence-electron chi connectivity index (χ4n) is 1.96. The third-order valence-electron chi connectivity index (χ3n) is 2.76. The average molecular weight is 312 g/mol. The zero-order chi connectivity index (χ0) is 11.8. The predicted octanol–water partition coefficient (Wildman–Crippen LogP) is 3.46. The minimum atomic E-state index is -0.495. The number of aliphatic hydroxyl groups is 1. The maximum Gasteiger partial charge on any atom is 0.153 e. The Bertz CT molecular complexity index is 529. The summed E-state index contributed by atoms with van der Waals surface area (Å²) in [5, 5.41) is 13.0. The lowest BCUT2D eigenvalue weighted by molar-refractivity contribution is 0.0655. The summed E-state index contributed by atoms with van der Waals surface area (Å²) >= 11 is 4.95. The summed E-state index contributed by atoms with van der Waals surface area (Å²) in [7, 11) is 0. The zero-order valence-electron chi connectivity index (χ0n) is 8.84. The van der Waals surface area contributed by atoms with Gasteiger partial charge in [0.1, 0.15) is 10.8 Å². The highest BCUT2D eigenvalue weighted by molar-refractivity contribution is 9.10. The van der Waals surface area contributed by atoms with E-state index < -0.39 is 6.10 Å². The summed E-state index contributed by atoms with van der Waals surface area (Å²) in [5.74, 6) is 0.743. The van der Waals surface area contributed by atoms with Gasteiger partial charge in [-0.25, -0.2) is 4.98 Å². The molecule has 0 saturated heterocycles. The number of thiazole rings is 1. The van der Waals surface area contributed by atoms with Crippen LogP contribution < -0.4 is 4.74 Å². The molecule has 5 heteroatoms. The van der Waals surface area contributed by atoms with Crippen molar-refractivity contribution in [2.75, 3.05) is 0 Å². The van der Waals surface area contributed by atoms with Crippen molar-refractivity contribution in [1.29, 1.82) is 0 Å². The molecule has 0 bridgehead atoms. The predicted molar refractivity (Wildman–Crippen MR) is 69.2 cm³/mol. The topological polar surface area (TPSA) is 42.4 Å². The number of aliphatic hydroxyl groups excluding tert-OH is 1. The van der Waals surface area contributed by atoms with Gasteiger partial charge in [0.25, 0.3) is 0 Å². The van der Waals surface area contributed by atoms with E-state index in [1.807, 2.05) is 23.6 Å². The van der Waals surface area contributed by atoms with Gasteiger partial charge in [-0.1, -0.05) is 15.9 Å². The van der Waals surface area contributed by atoms with Crippen LogP contribution in [0.25, 0.3) is 0 Å². The van der Waals surface area contributed by atoms with Crippen LogP contribution in [0.3, 0.4) is 0 Å². The van der Waals surface area contributed by atoms with Crippen molar-refractivity contribution >= 4 is 27.3 Å². The minimum Gasteiger partial charge on any atom is -0.483 e. The van der Waals surface area contributed by atoms with Crippen LogP contribution in [0.5, 0.6) is 5.75 Å². The standard InChI is InChI=1S/C12H10BrNO2S/c13-7-1-2-10-8(5-7)9(15)6-11(16-10)12-14-3-4-17-12/h1-5,9,11,15H,6H2. The molecule has 17 heavy (non-hydrogen) atoms. The van der Waals surface area contributed by atoms with Crippen molar-refractivity contribution in [3.05, 3.63) is 44.8 Å². The number of ether oxygens (including phenoxy) is 1. The molecule has 3 rings (SSSR count). The maximum atomic E-state index is 10.1. The van der Waals surface area contributed by atoms with Gasteiger partial charge in [0, 0.05) is 28.0 Å². The summed E-state index contributed by atoms with van der Waals surface area (Å²) in [6.45, 7) is 0. The van der Waals surface area contributed by atoms with E-state index in [4.69, 9.17) is 4.74 Å². The van der Waals surface area contributed by atoms with Gasteiger partial charge in [-0.15, -0.1) is 11.3 Å². The molecule has 2 heterocycles. The Labute approximate surface area is 111 Å². The molecule has 1 aromatic carbocycles. The summed E-state index contributed by atoms with van der Waals surface area (Å²) in [6.07, 6.45) is 1.67. The fourth-order valence-corrected chi connectivity index (χ4v) is 3.02. The number of aromatic nitrogens is 1. The van der Waals surface area contributed by atoms with Crippen LogP contribution in [0.15, 0.2) is 34.2 Å². The van der Waals surface area contributed by atoms with Gasteiger partial charge >= 0.3 is 0 Å². The van der Waals surface area contributed by atoms with E-state index in [1.165, 1.54) is 0 Å². The monoisotopic (exact) mass is 311 g/mol. The molecule has 0 saturated carbocycles. The molecule has 0 aliphatic carbocycles. The molecule has 88 valence electrons. The second-order valence-corrected chi connectivity index (χ2v) is 5.75. The largest absolute Gasteiger partial charge is 0.483 e. The Balaban J connectivity index is 1.96. The van der Waals surface area contributed by atoms with Crippen LogP contribution in [0.2, 0.25) is 0 Å². The first-order chi connectivity index (χ1) is 8.24. The summed E-state index contributed by atoms with van der Waals surface area (Å²) in [5.41, 5.74) is 0.840. The molecule has 0 radical (unpaired) electrons. The lowest BCUT2D eigenvalue weighted by atomic mass is 9.99. The molecule has 2 aromatic rings. The molecule has 0 spiro atoms. The quantitative estimate of drug-likeness (QED) is 0.877. The second kappa shape index (κ2) is 4.40. The first kappa shape index (κ1) is 11.2. The summed E-state index contributed by atoms with van der Waals surface area (Å²) < 4.78 is 6.82. The van der Waals surface area contributed by atoms with Crippen molar-refractivity contribution in [2.24, 2.45) is 0 Å². The SMILES string of the molecule is OC1CC(c2nccs2)Oc2ccc(Br)cc21. The lowest BCUT2D eigenvalue weighted by Gasteiger charge is -2.28. The fraction of sp³-hybridized carbons (Fsp3) is 0.250. The molecule has 1 N–H and O–H groups in total. The van der Waals surface area contributed by atoms with Crippen LogP contribution in [-0.4, -0.2) is 10.1 Å². The smallest absolute Gasteiger partial charge is 0.153 e. The number of fused-ring (bicyclic) bond motifs is 1. The third-order valence-corrected chi connectivity index (χ3v) is 4.13. The molecule has 3 nitrogen and oxygen atoms in total. The molecular formula is C12H10BrNO2S. The molecular weight excluding hydrogens is 302 g/mol. The normalized spacial score (nSPS) is 22.9. The van der Waals surface area contributed by atoms with Crippen LogP contribution in [0, 0.1) is 0 Å². The highest BCUT2D eigenvalue weighted by atomic mass is 79.9. The van der Waals surface area contributed by atoms with Gasteiger partial charge in [0.15, 0.2) is 6.10 Å². The Morgan fingerprint density at radius 2 is 2.35 bits per heavy atom. The molecule has 1 aromatic heterocycles. The van der Waals surface area contributed by atoms with Gasteiger partial charge in [0.05, 0.1) is 6.10 Å². The molecule has 2 unspecified atom stereocenters. The highest BCUT2D eigenvalue weighted by Gasteiger charge is 2.29. The van der Waals surface area contributed by atoms with Crippen molar-refractivity contribution < 1.29 is 9.84 Å². The van der Waals surface area contributed by atoms with Crippen LogP contribution in [0.1, 0.15) is 29.2 Å². The summed E-state index contributed by atoms with van der Waals surface area (Å²) in [6, 6.07) is 5.69.